The van der Waals surface area contributed by atoms with E-state index in [9.17, 15) is 0 Å². The van der Waals surface area contributed by atoms with Crippen LogP contribution in [0.5, 0.6) is 0 Å². The van der Waals surface area contributed by atoms with Crippen molar-refractivity contribution in [3.05, 3.63) is 0 Å². The van der Waals surface area contributed by atoms with Gasteiger partial charge in [0.25, 0.3) is 0 Å². The summed E-state index contributed by atoms with van der Waals surface area (Å²) in [6.07, 6.45) is 4.37. The Kier molecular flexibility index (Phi) is 3.84. The molecule has 0 aromatic carbocycles. The van der Waals surface area contributed by atoms with Crippen LogP contribution in [0.25, 0.3) is 0 Å². The van der Waals surface area contributed by atoms with Gasteiger partial charge in [-0.05, 0) is 41.0 Å². The van der Waals surface area contributed by atoms with Crippen LogP contribution in [0.4, 0.5) is 0 Å². The molecule has 2 aliphatic rings. The first-order valence-corrected chi connectivity index (χ1v) is 7.63. The second-order valence-electron chi connectivity index (χ2n) is 6.69. The molecule has 0 saturated carbocycles. The van der Waals surface area contributed by atoms with E-state index in [1.807, 2.05) is 0 Å². The summed E-state index contributed by atoms with van der Waals surface area (Å²) in [6.45, 7) is 16.0. The highest BCUT2D eigenvalue weighted by molar-refractivity contribution is 4.86. The Hall–Kier alpha value is -0.0800. The predicted octanol–water partition coefficient (Wildman–Crippen LogP) is 2.88. The second-order valence-corrected chi connectivity index (χ2v) is 6.69. The van der Waals surface area contributed by atoms with Gasteiger partial charge in [0.05, 0.1) is 25.7 Å². The molecular formula is C15H31N2+. The van der Waals surface area contributed by atoms with E-state index in [0.29, 0.717) is 0 Å². The Labute approximate surface area is 108 Å². The fourth-order valence-corrected chi connectivity index (χ4v) is 4.62. The Balaban J connectivity index is 2.25. The average Bonchev–Trinajstić information content (AvgIpc) is 2.26. The number of fused-ring (bicyclic) bond motifs is 2. The minimum atomic E-state index is 0.726. The van der Waals surface area contributed by atoms with Crippen LogP contribution in [0, 0.1) is 0 Å². The van der Waals surface area contributed by atoms with E-state index in [1.54, 1.807) is 0 Å². The SMILES string of the molecule is CC[N+]1(C(C)C)[C@@H]2CCC[C@H]1CN(C(C)C)C2. The van der Waals surface area contributed by atoms with Crippen molar-refractivity contribution in [2.24, 2.45) is 0 Å². The summed E-state index contributed by atoms with van der Waals surface area (Å²) in [5.74, 6) is 0. The molecule has 2 heterocycles. The smallest absolute Gasteiger partial charge is 0.102 e. The minimum absolute atomic E-state index is 0.726. The zero-order valence-electron chi connectivity index (χ0n) is 12.4. The molecular weight excluding hydrogens is 208 g/mol. The molecule has 2 fully saturated rings. The van der Waals surface area contributed by atoms with Crippen LogP contribution in [-0.2, 0) is 0 Å². The zero-order chi connectivity index (χ0) is 12.6. The number of likely N-dealkylation sites (N-methyl/N-ethyl adjacent to an activating group) is 1. The van der Waals surface area contributed by atoms with Crippen LogP contribution in [0.15, 0.2) is 0 Å². The number of hydrogen-bond acceptors (Lipinski definition) is 1. The molecule has 0 spiro atoms. The summed E-state index contributed by atoms with van der Waals surface area (Å²) < 4.78 is 1.41. The molecule has 0 aliphatic carbocycles. The van der Waals surface area contributed by atoms with Crippen LogP contribution >= 0.6 is 0 Å². The maximum absolute atomic E-state index is 2.73. The highest BCUT2D eigenvalue weighted by atomic mass is 15.5. The molecule has 2 bridgehead atoms. The second kappa shape index (κ2) is 4.89. The molecule has 100 valence electrons. The standard InChI is InChI=1S/C15H31N2/c1-6-17(13(4)5)14-8-7-9-15(17)11-16(10-14)12(2)3/h12-15H,6-11H2,1-5H3/q+1/t14-,15+,17?. The molecule has 2 rings (SSSR count). The van der Waals surface area contributed by atoms with Gasteiger partial charge in [0.1, 0.15) is 12.1 Å². The van der Waals surface area contributed by atoms with Crippen LogP contribution in [0.1, 0.15) is 53.9 Å². The lowest BCUT2D eigenvalue weighted by molar-refractivity contribution is -0.999. The topological polar surface area (TPSA) is 3.24 Å². The van der Waals surface area contributed by atoms with Crippen molar-refractivity contribution >= 4 is 0 Å². The number of rotatable bonds is 3. The average molecular weight is 239 g/mol. The third kappa shape index (κ3) is 2.04. The third-order valence-electron chi connectivity index (χ3n) is 5.56. The van der Waals surface area contributed by atoms with Gasteiger partial charge in [-0.15, -0.1) is 0 Å². The van der Waals surface area contributed by atoms with Gasteiger partial charge in [-0.3, -0.25) is 4.90 Å². The lowest BCUT2D eigenvalue weighted by atomic mass is 9.85. The van der Waals surface area contributed by atoms with E-state index < -0.39 is 0 Å². The molecule has 2 saturated heterocycles. The molecule has 0 N–H and O–H groups in total. The van der Waals surface area contributed by atoms with Crippen molar-refractivity contribution in [2.45, 2.75) is 78.0 Å². The number of hydrogen-bond donors (Lipinski definition) is 0. The van der Waals surface area contributed by atoms with Crippen molar-refractivity contribution in [1.82, 2.24) is 4.90 Å². The van der Waals surface area contributed by atoms with Crippen molar-refractivity contribution in [2.75, 3.05) is 19.6 Å². The molecule has 0 aromatic heterocycles. The fourth-order valence-electron chi connectivity index (χ4n) is 4.62. The molecule has 0 radical (unpaired) electrons. The van der Waals surface area contributed by atoms with Crippen molar-refractivity contribution in [3.8, 4) is 0 Å². The summed E-state index contributed by atoms with van der Waals surface area (Å²) in [5.41, 5.74) is 0. The monoisotopic (exact) mass is 239 g/mol. The number of nitrogens with zero attached hydrogens (tertiary/aromatic N) is 2. The zero-order valence-corrected chi connectivity index (χ0v) is 12.4. The molecule has 2 aliphatic heterocycles. The van der Waals surface area contributed by atoms with Crippen LogP contribution in [0.3, 0.4) is 0 Å². The summed E-state index contributed by atoms with van der Waals surface area (Å²) in [7, 11) is 0. The van der Waals surface area contributed by atoms with Gasteiger partial charge in [-0.25, -0.2) is 0 Å². The summed E-state index contributed by atoms with van der Waals surface area (Å²) in [5, 5.41) is 0. The van der Waals surface area contributed by atoms with Crippen molar-refractivity contribution in [1.29, 1.82) is 0 Å². The largest absolute Gasteiger partial charge is 0.315 e. The Morgan fingerprint density at radius 2 is 1.59 bits per heavy atom. The molecule has 2 heteroatoms. The first-order valence-electron chi connectivity index (χ1n) is 7.63. The van der Waals surface area contributed by atoms with E-state index >= 15 is 0 Å². The van der Waals surface area contributed by atoms with Gasteiger partial charge in [-0.2, -0.15) is 0 Å². The Morgan fingerprint density at radius 1 is 1.06 bits per heavy atom. The Morgan fingerprint density at radius 3 is 1.94 bits per heavy atom. The van der Waals surface area contributed by atoms with Gasteiger partial charge < -0.3 is 4.48 Å². The summed E-state index contributed by atoms with van der Waals surface area (Å²) in [6, 6.07) is 3.32. The van der Waals surface area contributed by atoms with Crippen LogP contribution in [-0.4, -0.2) is 53.2 Å². The highest BCUT2D eigenvalue weighted by Gasteiger charge is 2.51. The minimum Gasteiger partial charge on any atom is -0.315 e. The molecule has 2 nitrogen and oxygen atoms in total. The van der Waals surface area contributed by atoms with Crippen molar-refractivity contribution in [3.63, 3.8) is 0 Å². The number of likely N-dealkylation sites (tertiary alicyclic amines) is 1. The predicted molar refractivity (Wildman–Crippen MR) is 74.1 cm³/mol. The van der Waals surface area contributed by atoms with Crippen LogP contribution < -0.4 is 0 Å². The maximum Gasteiger partial charge on any atom is 0.102 e. The van der Waals surface area contributed by atoms with E-state index in [2.05, 4.69) is 39.5 Å². The molecule has 3 atom stereocenters. The highest BCUT2D eigenvalue weighted by Crippen LogP contribution is 2.38. The Bertz CT molecular complexity index is 246. The molecule has 0 amide bonds. The number of piperidine rings is 1. The number of quaternary nitrogens is 1. The van der Waals surface area contributed by atoms with Gasteiger partial charge >= 0.3 is 0 Å². The lowest BCUT2D eigenvalue weighted by Crippen LogP contribution is -2.75. The molecule has 1 unspecified atom stereocenters. The van der Waals surface area contributed by atoms with Crippen LogP contribution in [0.2, 0.25) is 0 Å². The normalized spacial score (nSPS) is 39.0. The van der Waals surface area contributed by atoms with E-state index in [4.69, 9.17) is 0 Å². The first kappa shape index (κ1) is 13.4. The number of piperazine rings is 1. The summed E-state index contributed by atoms with van der Waals surface area (Å²) in [4.78, 5) is 2.73. The third-order valence-corrected chi connectivity index (χ3v) is 5.56. The quantitative estimate of drug-likeness (QED) is 0.685. The first-order chi connectivity index (χ1) is 8.02. The van der Waals surface area contributed by atoms with Crippen molar-refractivity contribution < 1.29 is 4.48 Å². The summed E-state index contributed by atoms with van der Waals surface area (Å²) >= 11 is 0. The maximum atomic E-state index is 2.73. The van der Waals surface area contributed by atoms with E-state index in [-0.39, 0.29) is 0 Å². The van der Waals surface area contributed by atoms with E-state index in [0.717, 1.165) is 24.2 Å². The van der Waals surface area contributed by atoms with Gasteiger partial charge in [0, 0.05) is 18.9 Å². The molecule has 17 heavy (non-hydrogen) atoms. The lowest BCUT2D eigenvalue weighted by Gasteiger charge is -2.60. The van der Waals surface area contributed by atoms with E-state index in [1.165, 1.54) is 43.4 Å². The molecule has 0 aromatic rings. The van der Waals surface area contributed by atoms with Gasteiger partial charge in [0.15, 0.2) is 0 Å². The fraction of sp³-hybridized carbons (Fsp3) is 1.00. The van der Waals surface area contributed by atoms with Gasteiger partial charge in [0.2, 0.25) is 0 Å². The van der Waals surface area contributed by atoms with Gasteiger partial charge in [-0.1, -0.05) is 0 Å².